The van der Waals surface area contributed by atoms with Crippen LogP contribution in [0.25, 0.3) is 0 Å². The van der Waals surface area contributed by atoms with Crippen LogP contribution in [0.1, 0.15) is 18.9 Å². The van der Waals surface area contributed by atoms with Gasteiger partial charge in [-0.3, -0.25) is 13.4 Å². The van der Waals surface area contributed by atoms with Gasteiger partial charge in [0, 0.05) is 5.92 Å². The Balaban J connectivity index is 2.15. The zero-order chi connectivity index (χ0) is 15.6. The SMILES string of the molecule is CC(C#N)CCc1ccc(N2CC(O)NS2(O)O)c(O)c1. The van der Waals surface area contributed by atoms with Crippen LogP contribution in [0.3, 0.4) is 0 Å². The molecule has 1 aliphatic rings. The molecule has 0 aliphatic carbocycles. The van der Waals surface area contributed by atoms with Gasteiger partial charge in [-0.05, 0) is 37.5 Å². The smallest absolute Gasteiger partial charge is 0.142 e. The highest BCUT2D eigenvalue weighted by Gasteiger charge is 2.36. The molecule has 0 amide bonds. The van der Waals surface area contributed by atoms with Gasteiger partial charge in [0.25, 0.3) is 0 Å². The minimum Gasteiger partial charge on any atom is -0.506 e. The van der Waals surface area contributed by atoms with Crippen LogP contribution in [0.5, 0.6) is 5.75 Å². The zero-order valence-electron chi connectivity index (χ0n) is 11.6. The first kappa shape index (κ1) is 15.9. The second kappa shape index (κ2) is 6.09. The van der Waals surface area contributed by atoms with E-state index in [9.17, 15) is 19.3 Å². The van der Waals surface area contributed by atoms with Crippen molar-refractivity contribution in [2.24, 2.45) is 5.92 Å². The van der Waals surface area contributed by atoms with Gasteiger partial charge in [0.15, 0.2) is 0 Å². The summed E-state index contributed by atoms with van der Waals surface area (Å²) in [5.41, 5.74) is 1.11. The number of aliphatic hydroxyl groups is 1. The molecule has 0 saturated carbocycles. The van der Waals surface area contributed by atoms with Gasteiger partial charge >= 0.3 is 0 Å². The number of aryl methyl sites for hydroxylation is 1. The lowest BCUT2D eigenvalue weighted by atomic mass is 10.0. The van der Waals surface area contributed by atoms with Crippen LogP contribution < -0.4 is 9.03 Å². The molecule has 1 aliphatic heterocycles. The van der Waals surface area contributed by atoms with E-state index in [0.29, 0.717) is 12.8 Å². The molecule has 0 bridgehead atoms. The summed E-state index contributed by atoms with van der Waals surface area (Å²) in [5, 5.41) is 28.3. The minimum absolute atomic E-state index is 0.0271. The molecule has 1 aromatic rings. The second-order valence-corrected chi connectivity index (χ2v) is 6.82. The lowest BCUT2D eigenvalue weighted by Crippen LogP contribution is -2.25. The van der Waals surface area contributed by atoms with Gasteiger partial charge in [-0.25, -0.2) is 0 Å². The molecule has 1 saturated heterocycles. The minimum atomic E-state index is -3.32. The Kier molecular flexibility index (Phi) is 4.61. The summed E-state index contributed by atoms with van der Waals surface area (Å²) in [6, 6.07) is 7.04. The van der Waals surface area contributed by atoms with Crippen LogP contribution >= 0.6 is 11.0 Å². The molecular weight excluding hydrogens is 294 g/mol. The van der Waals surface area contributed by atoms with Crippen molar-refractivity contribution in [3.8, 4) is 11.8 Å². The first-order chi connectivity index (χ1) is 9.83. The van der Waals surface area contributed by atoms with Crippen molar-refractivity contribution >= 4 is 16.6 Å². The van der Waals surface area contributed by atoms with E-state index in [4.69, 9.17) is 5.26 Å². The fourth-order valence-electron chi connectivity index (χ4n) is 2.16. The molecule has 0 radical (unpaired) electrons. The van der Waals surface area contributed by atoms with Crippen molar-refractivity contribution < 1.29 is 19.3 Å². The number of benzene rings is 1. The third-order valence-electron chi connectivity index (χ3n) is 3.34. The number of nitrogens with zero attached hydrogens (tertiary/aromatic N) is 2. The molecule has 0 aromatic heterocycles. The number of β-amino-alcohol motifs (C(OH)–C–C–N with tert-alkyl or cyclic N) is 1. The van der Waals surface area contributed by atoms with Gasteiger partial charge in [-0.2, -0.15) is 9.98 Å². The summed E-state index contributed by atoms with van der Waals surface area (Å²) in [6.45, 7) is 1.81. The number of nitrogens with one attached hydrogen (secondary N) is 1. The number of aliphatic hydroxyl groups excluding tert-OH is 1. The molecule has 2 unspecified atom stereocenters. The van der Waals surface area contributed by atoms with Crippen LogP contribution in [0, 0.1) is 17.2 Å². The van der Waals surface area contributed by atoms with Crippen molar-refractivity contribution in [1.82, 2.24) is 4.72 Å². The first-order valence-corrected chi connectivity index (χ1v) is 8.06. The predicted molar refractivity (Wildman–Crippen MR) is 80.5 cm³/mol. The molecule has 21 heavy (non-hydrogen) atoms. The average molecular weight is 313 g/mol. The van der Waals surface area contributed by atoms with Crippen LogP contribution in [0.15, 0.2) is 18.2 Å². The third kappa shape index (κ3) is 3.58. The molecule has 1 fully saturated rings. The molecule has 0 spiro atoms. The van der Waals surface area contributed by atoms with Crippen LogP contribution in [0.2, 0.25) is 0 Å². The Morgan fingerprint density at radius 3 is 2.76 bits per heavy atom. The van der Waals surface area contributed by atoms with Gasteiger partial charge in [0.2, 0.25) is 0 Å². The van der Waals surface area contributed by atoms with Gasteiger partial charge < -0.3 is 10.2 Å². The van der Waals surface area contributed by atoms with Gasteiger partial charge in [0.05, 0.1) is 12.6 Å². The number of aromatic hydroxyl groups is 1. The summed E-state index contributed by atoms with van der Waals surface area (Å²) in [6.07, 6.45) is 0.277. The average Bonchev–Trinajstić information content (AvgIpc) is 2.69. The highest BCUT2D eigenvalue weighted by atomic mass is 32.3. The number of phenolic OH excluding ortho intramolecular Hbond substituents is 1. The molecule has 116 valence electrons. The molecule has 1 heterocycles. The highest BCUT2D eigenvalue weighted by molar-refractivity contribution is 8.24. The molecule has 5 N–H and O–H groups in total. The number of rotatable bonds is 4. The number of hydrogen-bond acceptors (Lipinski definition) is 7. The normalized spacial score (nSPS) is 23.6. The van der Waals surface area contributed by atoms with Crippen molar-refractivity contribution in [1.29, 1.82) is 5.26 Å². The van der Waals surface area contributed by atoms with Gasteiger partial charge in [-0.15, -0.1) is 0 Å². The number of hydrogen-bond donors (Lipinski definition) is 5. The van der Waals surface area contributed by atoms with Crippen molar-refractivity contribution in [2.45, 2.75) is 26.0 Å². The maximum Gasteiger partial charge on any atom is 0.142 e. The van der Waals surface area contributed by atoms with Crippen molar-refractivity contribution in [3.63, 3.8) is 0 Å². The summed E-state index contributed by atoms with van der Waals surface area (Å²) < 4.78 is 23.1. The van der Waals surface area contributed by atoms with E-state index in [1.165, 1.54) is 0 Å². The van der Waals surface area contributed by atoms with Crippen molar-refractivity contribution in [3.05, 3.63) is 23.8 Å². The molecule has 8 heteroatoms. The topological polar surface area (TPSA) is 120 Å². The largest absolute Gasteiger partial charge is 0.506 e. The second-order valence-electron chi connectivity index (χ2n) is 5.11. The Bertz CT molecular complexity index is 561. The molecule has 1 aromatic carbocycles. The van der Waals surface area contributed by atoms with Gasteiger partial charge in [-0.1, -0.05) is 17.0 Å². The summed E-state index contributed by atoms with van der Waals surface area (Å²) in [4.78, 5) is 0. The lowest BCUT2D eigenvalue weighted by Gasteiger charge is -2.36. The lowest BCUT2D eigenvalue weighted by molar-refractivity contribution is 0.182. The molecule has 7 nitrogen and oxygen atoms in total. The van der Waals surface area contributed by atoms with E-state index in [-0.39, 0.29) is 23.9 Å². The highest BCUT2D eigenvalue weighted by Crippen LogP contribution is 2.49. The summed E-state index contributed by atoms with van der Waals surface area (Å²) in [7, 11) is -3.32. The van der Waals surface area contributed by atoms with Crippen LogP contribution in [-0.4, -0.2) is 32.1 Å². The van der Waals surface area contributed by atoms with Crippen LogP contribution in [-0.2, 0) is 6.42 Å². The number of phenols is 1. The van der Waals surface area contributed by atoms with E-state index in [0.717, 1.165) is 9.87 Å². The van der Waals surface area contributed by atoms with Crippen LogP contribution in [0.4, 0.5) is 5.69 Å². The maximum atomic E-state index is 10.1. The molecular formula is C13H19N3O4S. The van der Waals surface area contributed by atoms with Crippen molar-refractivity contribution in [2.75, 3.05) is 10.8 Å². The zero-order valence-corrected chi connectivity index (χ0v) is 12.4. The van der Waals surface area contributed by atoms with Gasteiger partial charge in [0.1, 0.15) is 17.7 Å². The summed E-state index contributed by atoms with van der Waals surface area (Å²) in [5.74, 6) is -0.148. The molecule has 2 rings (SSSR count). The fraction of sp³-hybridized carbons (Fsp3) is 0.462. The maximum absolute atomic E-state index is 10.1. The first-order valence-electron chi connectivity index (χ1n) is 6.56. The van der Waals surface area contributed by atoms with E-state index in [1.807, 2.05) is 6.92 Å². The summed E-state index contributed by atoms with van der Waals surface area (Å²) >= 11 is 0. The Hall–Kier alpha value is -1.50. The quantitative estimate of drug-likeness (QED) is 0.575. The van der Waals surface area contributed by atoms with E-state index < -0.39 is 17.2 Å². The number of anilines is 1. The standard InChI is InChI=1S/C13H19N3O4S/c1-9(7-14)2-3-10-4-5-11(12(17)6-10)16-8-13(18)15-21(16,19)20/h4-6,9,13,15,17-20H,2-3,8H2,1H3. The Morgan fingerprint density at radius 2 is 2.24 bits per heavy atom. The van der Waals surface area contributed by atoms with E-state index in [1.54, 1.807) is 18.2 Å². The fourth-order valence-corrected chi connectivity index (χ4v) is 3.51. The predicted octanol–water partition coefficient (Wildman–Crippen LogP) is 1.79. The Labute approximate surface area is 125 Å². The number of nitriles is 1. The monoisotopic (exact) mass is 313 g/mol. The van der Waals surface area contributed by atoms with E-state index in [2.05, 4.69) is 10.8 Å². The molecule has 2 atom stereocenters. The Morgan fingerprint density at radius 1 is 1.52 bits per heavy atom. The van der Waals surface area contributed by atoms with E-state index >= 15 is 0 Å². The third-order valence-corrected chi connectivity index (χ3v) is 4.88.